The fourth-order valence-electron chi connectivity index (χ4n) is 1.39. The van der Waals surface area contributed by atoms with E-state index in [0.717, 1.165) is 4.47 Å². The van der Waals surface area contributed by atoms with Crippen LogP contribution >= 0.6 is 15.9 Å². The predicted molar refractivity (Wildman–Crippen MR) is 60.8 cm³/mol. The highest BCUT2D eigenvalue weighted by atomic mass is 79.9. The van der Waals surface area contributed by atoms with Crippen LogP contribution in [0.15, 0.2) is 28.7 Å². The Bertz CT molecular complexity index is 365. The van der Waals surface area contributed by atoms with E-state index in [1.807, 2.05) is 6.07 Å². The van der Waals surface area contributed by atoms with E-state index in [2.05, 4.69) is 15.9 Å². The third-order valence-electron chi connectivity index (χ3n) is 2.23. The maximum Gasteiger partial charge on any atom is 0.340 e. The molecule has 0 fully saturated rings. The Kier molecular flexibility index (Phi) is 3.88. The van der Waals surface area contributed by atoms with Gasteiger partial charge in [0.2, 0.25) is 0 Å². The molecule has 0 spiro atoms. The van der Waals surface area contributed by atoms with Crippen molar-refractivity contribution in [3.8, 4) is 0 Å². The molecule has 82 valence electrons. The van der Waals surface area contributed by atoms with Crippen molar-refractivity contribution >= 4 is 21.9 Å². The van der Waals surface area contributed by atoms with Gasteiger partial charge in [0.1, 0.15) is 0 Å². The summed E-state index contributed by atoms with van der Waals surface area (Å²) in [5, 5.41) is 9.20. The van der Waals surface area contributed by atoms with Crippen molar-refractivity contribution in [1.29, 1.82) is 0 Å². The van der Waals surface area contributed by atoms with Crippen LogP contribution in [0.4, 0.5) is 0 Å². The van der Waals surface area contributed by atoms with E-state index in [9.17, 15) is 9.90 Å². The lowest BCUT2D eigenvalue weighted by atomic mass is 9.96. The summed E-state index contributed by atoms with van der Waals surface area (Å²) in [5.41, 5.74) is -0.672. The summed E-state index contributed by atoms with van der Waals surface area (Å²) < 4.78 is 6.07. The summed E-state index contributed by atoms with van der Waals surface area (Å²) in [4.78, 5) is 11.2. The molecule has 0 radical (unpaired) electrons. The number of rotatable bonds is 4. The first-order valence-electron chi connectivity index (χ1n) is 4.64. The van der Waals surface area contributed by atoms with E-state index in [0.29, 0.717) is 12.2 Å². The molecule has 4 heteroatoms. The van der Waals surface area contributed by atoms with Crippen LogP contribution in [0.25, 0.3) is 0 Å². The van der Waals surface area contributed by atoms with Crippen LogP contribution < -0.4 is 0 Å². The van der Waals surface area contributed by atoms with Crippen LogP contribution in [0.2, 0.25) is 0 Å². The van der Waals surface area contributed by atoms with Gasteiger partial charge in [-0.3, -0.25) is 0 Å². The highest BCUT2D eigenvalue weighted by Gasteiger charge is 2.37. The van der Waals surface area contributed by atoms with E-state index in [1.165, 1.54) is 0 Å². The minimum Gasteiger partial charge on any atom is -0.479 e. The van der Waals surface area contributed by atoms with Gasteiger partial charge < -0.3 is 9.84 Å². The Morgan fingerprint density at radius 2 is 2.13 bits per heavy atom. The summed E-state index contributed by atoms with van der Waals surface area (Å²) in [7, 11) is 0. The van der Waals surface area contributed by atoms with Crippen LogP contribution in [-0.4, -0.2) is 17.7 Å². The Morgan fingerprint density at radius 1 is 1.53 bits per heavy atom. The van der Waals surface area contributed by atoms with Crippen LogP contribution in [0.1, 0.15) is 19.4 Å². The average Bonchev–Trinajstić information content (AvgIpc) is 2.18. The molecule has 1 atom stereocenters. The van der Waals surface area contributed by atoms with Crippen molar-refractivity contribution < 1.29 is 14.6 Å². The van der Waals surface area contributed by atoms with Gasteiger partial charge in [-0.15, -0.1) is 0 Å². The third kappa shape index (κ3) is 2.38. The molecule has 1 rings (SSSR count). The van der Waals surface area contributed by atoms with Crippen LogP contribution in [0.5, 0.6) is 0 Å². The van der Waals surface area contributed by atoms with Crippen molar-refractivity contribution in [2.24, 2.45) is 0 Å². The number of aliphatic carboxylic acids is 1. The minimum atomic E-state index is -1.30. The number of hydrogen-bond acceptors (Lipinski definition) is 2. The average molecular weight is 273 g/mol. The van der Waals surface area contributed by atoms with Crippen LogP contribution in [0, 0.1) is 0 Å². The second-order valence-corrected chi connectivity index (χ2v) is 4.11. The smallest absolute Gasteiger partial charge is 0.340 e. The van der Waals surface area contributed by atoms with E-state index in [-0.39, 0.29) is 0 Å². The number of halogens is 1. The molecule has 3 nitrogen and oxygen atoms in total. The van der Waals surface area contributed by atoms with Gasteiger partial charge in [-0.25, -0.2) is 4.79 Å². The van der Waals surface area contributed by atoms with E-state index in [4.69, 9.17) is 4.74 Å². The first kappa shape index (κ1) is 12.2. The van der Waals surface area contributed by atoms with E-state index in [1.54, 1.807) is 32.0 Å². The zero-order valence-electron chi connectivity index (χ0n) is 8.66. The first-order valence-corrected chi connectivity index (χ1v) is 5.44. The van der Waals surface area contributed by atoms with Gasteiger partial charge >= 0.3 is 5.97 Å². The number of carbonyl (C=O) groups is 1. The van der Waals surface area contributed by atoms with Gasteiger partial charge in [0.25, 0.3) is 0 Å². The van der Waals surface area contributed by atoms with Crippen molar-refractivity contribution in [1.82, 2.24) is 0 Å². The van der Waals surface area contributed by atoms with Crippen molar-refractivity contribution in [3.63, 3.8) is 0 Å². The molecule has 0 aliphatic rings. The molecule has 0 aliphatic heterocycles. The summed E-state index contributed by atoms with van der Waals surface area (Å²) in [6, 6.07) is 7.17. The SMILES string of the molecule is CCOC(C)(C(=O)O)c1ccccc1Br. The third-order valence-corrected chi connectivity index (χ3v) is 2.92. The maximum absolute atomic E-state index is 11.2. The van der Waals surface area contributed by atoms with Crippen molar-refractivity contribution in [3.05, 3.63) is 34.3 Å². The lowest BCUT2D eigenvalue weighted by Crippen LogP contribution is -2.35. The molecule has 1 unspecified atom stereocenters. The quantitative estimate of drug-likeness (QED) is 0.917. The highest BCUT2D eigenvalue weighted by molar-refractivity contribution is 9.10. The van der Waals surface area contributed by atoms with Gasteiger partial charge in [0.15, 0.2) is 5.60 Å². The van der Waals surface area contributed by atoms with Crippen molar-refractivity contribution in [2.45, 2.75) is 19.4 Å². The van der Waals surface area contributed by atoms with E-state index < -0.39 is 11.6 Å². The Morgan fingerprint density at radius 3 is 2.60 bits per heavy atom. The minimum absolute atomic E-state index is 0.351. The number of benzene rings is 1. The molecule has 0 saturated heterocycles. The Balaban J connectivity index is 3.21. The predicted octanol–water partition coefficient (Wildman–Crippen LogP) is 2.79. The largest absolute Gasteiger partial charge is 0.479 e. The molecule has 0 aromatic heterocycles. The summed E-state index contributed by atoms with van der Waals surface area (Å²) in [6.07, 6.45) is 0. The zero-order valence-corrected chi connectivity index (χ0v) is 10.2. The maximum atomic E-state index is 11.2. The van der Waals surface area contributed by atoms with Crippen LogP contribution in [0.3, 0.4) is 0 Å². The fourth-order valence-corrected chi connectivity index (χ4v) is 2.05. The fraction of sp³-hybridized carbons (Fsp3) is 0.364. The molecule has 1 aromatic carbocycles. The van der Waals surface area contributed by atoms with Gasteiger partial charge in [-0.05, 0) is 19.9 Å². The Labute approximate surface area is 97.2 Å². The molecule has 1 aromatic rings. The number of ether oxygens (including phenoxy) is 1. The van der Waals surface area contributed by atoms with Crippen molar-refractivity contribution in [2.75, 3.05) is 6.61 Å². The van der Waals surface area contributed by atoms with E-state index >= 15 is 0 Å². The molecule has 0 aliphatic carbocycles. The number of carboxylic acid groups (broad SMARTS) is 1. The Hall–Kier alpha value is -0.870. The summed E-state index contributed by atoms with van der Waals surface area (Å²) in [6.45, 7) is 3.68. The standard InChI is InChI=1S/C11H13BrO3/c1-3-15-11(2,10(13)14)8-6-4-5-7-9(8)12/h4-7H,3H2,1-2H3,(H,13,14). The lowest BCUT2D eigenvalue weighted by Gasteiger charge is -2.26. The van der Waals surface area contributed by atoms with Crippen LogP contribution in [-0.2, 0) is 15.1 Å². The molecular formula is C11H13BrO3. The number of hydrogen-bond donors (Lipinski definition) is 1. The summed E-state index contributed by atoms with van der Waals surface area (Å²) in [5.74, 6) is -0.990. The second-order valence-electron chi connectivity index (χ2n) is 3.25. The molecule has 0 heterocycles. The van der Waals surface area contributed by atoms with Gasteiger partial charge in [0, 0.05) is 16.6 Å². The normalized spacial score (nSPS) is 14.6. The molecule has 0 amide bonds. The summed E-state index contributed by atoms with van der Waals surface area (Å²) >= 11 is 3.33. The second kappa shape index (κ2) is 4.77. The van der Waals surface area contributed by atoms with Gasteiger partial charge in [-0.2, -0.15) is 0 Å². The van der Waals surface area contributed by atoms with Gasteiger partial charge in [0.05, 0.1) is 0 Å². The zero-order chi connectivity index (χ0) is 11.5. The topological polar surface area (TPSA) is 46.5 Å². The first-order chi connectivity index (χ1) is 7.02. The monoisotopic (exact) mass is 272 g/mol. The van der Waals surface area contributed by atoms with Gasteiger partial charge in [-0.1, -0.05) is 34.1 Å². The molecule has 15 heavy (non-hydrogen) atoms. The molecule has 1 N–H and O–H groups in total. The lowest BCUT2D eigenvalue weighted by molar-refractivity contribution is -0.164. The number of carboxylic acids is 1. The molecule has 0 saturated carbocycles. The molecular weight excluding hydrogens is 260 g/mol. The highest BCUT2D eigenvalue weighted by Crippen LogP contribution is 2.31. The molecule has 0 bridgehead atoms.